The minimum absolute atomic E-state index is 0.318. The molecule has 2 atom stereocenters. The van der Waals surface area contributed by atoms with Crippen molar-refractivity contribution in [2.24, 2.45) is 11.1 Å². The van der Waals surface area contributed by atoms with Gasteiger partial charge in [-0.3, -0.25) is 0 Å². The van der Waals surface area contributed by atoms with Crippen molar-refractivity contribution >= 4 is 11.3 Å². The molecule has 2 heteroatoms. The van der Waals surface area contributed by atoms with Crippen LogP contribution in [0.25, 0.3) is 0 Å². The Hall–Kier alpha value is -0.340. The van der Waals surface area contributed by atoms with Crippen LogP contribution in [0.1, 0.15) is 35.1 Å². The molecule has 1 aliphatic rings. The second kappa shape index (κ2) is 2.58. The lowest BCUT2D eigenvalue weighted by atomic mass is 10.0. The van der Waals surface area contributed by atoms with Gasteiger partial charge in [0.1, 0.15) is 0 Å². The number of rotatable bonds is 1. The lowest BCUT2D eigenvalue weighted by molar-refractivity contribution is 0.599. The molecular formula is C11H17NS. The largest absolute Gasteiger partial charge is 0.327 e. The summed E-state index contributed by atoms with van der Waals surface area (Å²) in [6.07, 6.45) is 0. The Balaban J connectivity index is 2.34. The minimum atomic E-state index is 0.318. The van der Waals surface area contributed by atoms with E-state index in [1.165, 1.54) is 15.3 Å². The molecule has 1 nitrogen and oxygen atoms in total. The van der Waals surface area contributed by atoms with E-state index in [9.17, 15) is 0 Å². The fourth-order valence-corrected chi connectivity index (χ4v) is 3.20. The van der Waals surface area contributed by atoms with Crippen molar-refractivity contribution in [3.05, 3.63) is 21.4 Å². The molecule has 0 aliphatic heterocycles. The Morgan fingerprint density at radius 2 is 1.92 bits per heavy atom. The lowest BCUT2D eigenvalue weighted by Crippen LogP contribution is -2.06. The number of hydrogen-bond acceptors (Lipinski definition) is 2. The van der Waals surface area contributed by atoms with E-state index >= 15 is 0 Å². The third kappa shape index (κ3) is 1.24. The van der Waals surface area contributed by atoms with Gasteiger partial charge in [0.2, 0.25) is 0 Å². The standard InChI is InChI=1S/C11H17NS/c1-6-5-8(7(2)13-6)9-10(12)11(9,3)4/h5,9-10H,12H2,1-4H3. The summed E-state index contributed by atoms with van der Waals surface area (Å²) in [6.45, 7) is 8.89. The number of aryl methyl sites for hydroxylation is 2. The van der Waals surface area contributed by atoms with E-state index in [4.69, 9.17) is 5.73 Å². The molecular weight excluding hydrogens is 178 g/mol. The number of nitrogens with two attached hydrogens (primary N) is 1. The molecule has 0 amide bonds. The van der Waals surface area contributed by atoms with E-state index in [1.54, 1.807) is 0 Å². The van der Waals surface area contributed by atoms with Gasteiger partial charge in [-0.1, -0.05) is 13.8 Å². The predicted octanol–water partition coefficient (Wildman–Crippen LogP) is 2.82. The fraction of sp³-hybridized carbons (Fsp3) is 0.636. The van der Waals surface area contributed by atoms with E-state index < -0.39 is 0 Å². The molecule has 1 aromatic heterocycles. The van der Waals surface area contributed by atoms with Gasteiger partial charge in [-0.25, -0.2) is 0 Å². The van der Waals surface area contributed by atoms with E-state index in [0.717, 1.165) is 0 Å². The van der Waals surface area contributed by atoms with Crippen LogP contribution in [0.15, 0.2) is 6.07 Å². The molecule has 1 aliphatic carbocycles. The van der Waals surface area contributed by atoms with E-state index in [-0.39, 0.29) is 0 Å². The van der Waals surface area contributed by atoms with Crippen molar-refractivity contribution in [3.8, 4) is 0 Å². The third-order valence-electron chi connectivity index (χ3n) is 3.33. The molecule has 0 spiro atoms. The van der Waals surface area contributed by atoms with E-state index in [1.807, 2.05) is 11.3 Å². The van der Waals surface area contributed by atoms with Crippen molar-refractivity contribution in [2.45, 2.75) is 39.7 Å². The van der Waals surface area contributed by atoms with Gasteiger partial charge in [-0.15, -0.1) is 11.3 Å². The van der Waals surface area contributed by atoms with Crippen LogP contribution in [-0.4, -0.2) is 6.04 Å². The van der Waals surface area contributed by atoms with Crippen molar-refractivity contribution < 1.29 is 0 Å². The van der Waals surface area contributed by atoms with Gasteiger partial charge in [0.15, 0.2) is 0 Å². The van der Waals surface area contributed by atoms with Gasteiger partial charge < -0.3 is 5.73 Å². The number of thiophene rings is 1. The first-order valence-electron chi connectivity index (χ1n) is 4.77. The summed E-state index contributed by atoms with van der Waals surface area (Å²) in [5.41, 5.74) is 7.86. The zero-order chi connectivity index (χ0) is 9.80. The van der Waals surface area contributed by atoms with Crippen LogP contribution >= 0.6 is 11.3 Å². The van der Waals surface area contributed by atoms with Crippen molar-refractivity contribution in [1.82, 2.24) is 0 Å². The maximum Gasteiger partial charge on any atom is 0.0172 e. The van der Waals surface area contributed by atoms with Crippen LogP contribution in [0.4, 0.5) is 0 Å². The molecule has 1 aromatic rings. The summed E-state index contributed by atoms with van der Waals surface area (Å²) in [7, 11) is 0. The Morgan fingerprint density at radius 3 is 2.23 bits per heavy atom. The van der Waals surface area contributed by atoms with Crippen molar-refractivity contribution in [1.29, 1.82) is 0 Å². The Bertz CT molecular complexity index is 338. The molecule has 1 fully saturated rings. The molecule has 72 valence electrons. The second-order valence-electron chi connectivity index (χ2n) is 4.69. The van der Waals surface area contributed by atoms with Crippen LogP contribution in [0.5, 0.6) is 0 Å². The molecule has 0 bridgehead atoms. The van der Waals surface area contributed by atoms with Crippen LogP contribution in [0, 0.1) is 19.3 Å². The van der Waals surface area contributed by atoms with Crippen LogP contribution in [0.3, 0.4) is 0 Å². The van der Waals surface area contributed by atoms with Crippen LogP contribution < -0.4 is 5.73 Å². The summed E-state index contributed by atoms with van der Waals surface area (Å²) in [6, 6.07) is 2.67. The summed E-state index contributed by atoms with van der Waals surface area (Å²) < 4.78 is 0. The molecule has 2 rings (SSSR count). The molecule has 2 N–H and O–H groups in total. The molecule has 2 unspecified atom stereocenters. The first-order valence-corrected chi connectivity index (χ1v) is 5.58. The summed E-state index contributed by atoms with van der Waals surface area (Å²) in [4.78, 5) is 2.85. The van der Waals surface area contributed by atoms with Crippen LogP contribution in [0.2, 0.25) is 0 Å². The van der Waals surface area contributed by atoms with Crippen molar-refractivity contribution in [2.75, 3.05) is 0 Å². The molecule has 1 saturated carbocycles. The van der Waals surface area contributed by atoms with E-state index in [2.05, 4.69) is 33.8 Å². The second-order valence-corrected chi connectivity index (χ2v) is 6.15. The molecule has 1 heterocycles. The average Bonchev–Trinajstić information content (AvgIpc) is 2.36. The van der Waals surface area contributed by atoms with Gasteiger partial charge in [-0.05, 0) is 30.9 Å². The van der Waals surface area contributed by atoms with Crippen LogP contribution in [-0.2, 0) is 0 Å². The highest BCUT2D eigenvalue weighted by Crippen LogP contribution is 2.58. The zero-order valence-electron chi connectivity index (χ0n) is 8.72. The maximum absolute atomic E-state index is 6.06. The highest BCUT2D eigenvalue weighted by molar-refractivity contribution is 7.12. The monoisotopic (exact) mass is 195 g/mol. The topological polar surface area (TPSA) is 26.0 Å². The maximum atomic E-state index is 6.06. The van der Waals surface area contributed by atoms with Gasteiger partial charge in [0.25, 0.3) is 0 Å². The summed E-state index contributed by atoms with van der Waals surface area (Å²) in [5, 5.41) is 0. The van der Waals surface area contributed by atoms with Crippen molar-refractivity contribution in [3.63, 3.8) is 0 Å². The molecule has 0 aromatic carbocycles. The molecule has 13 heavy (non-hydrogen) atoms. The van der Waals surface area contributed by atoms with Gasteiger partial charge in [0.05, 0.1) is 0 Å². The predicted molar refractivity (Wildman–Crippen MR) is 58.3 cm³/mol. The van der Waals surface area contributed by atoms with Gasteiger partial charge >= 0.3 is 0 Å². The molecule has 0 radical (unpaired) electrons. The number of hydrogen-bond donors (Lipinski definition) is 1. The quantitative estimate of drug-likeness (QED) is 0.732. The Kier molecular flexibility index (Phi) is 1.83. The van der Waals surface area contributed by atoms with Gasteiger partial charge in [-0.2, -0.15) is 0 Å². The Labute approximate surface area is 84.0 Å². The first-order chi connectivity index (χ1) is 5.94. The Morgan fingerprint density at radius 1 is 1.38 bits per heavy atom. The zero-order valence-corrected chi connectivity index (χ0v) is 9.53. The third-order valence-corrected chi connectivity index (χ3v) is 4.31. The van der Waals surface area contributed by atoms with Gasteiger partial charge in [0, 0.05) is 21.7 Å². The average molecular weight is 195 g/mol. The fourth-order valence-electron chi connectivity index (χ4n) is 2.23. The molecule has 0 saturated heterocycles. The van der Waals surface area contributed by atoms with E-state index in [0.29, 0.717) is 17.4 Å². The highest BCUT2D eigenvalue weighted by atomic mass is 32.1. The minimum Gasteiger partial charge on any atom is -0.327 e. The SMILES string of the molecule is Cc1cc(C2C(N)C2(C)C)c(C)s1. The highest BCUT2D eigenvalue weighted by Gasteiger charge is 2.56. The summed E-state index contributed by atoms with van der Waals surface area (Å²) in [5.74, 6) is 0.595. The first kappa shape index (κ1) is 9.22. The normalized spacial score (nSPS) is 30.5. The summed E-state index contributed by atoms with van der Waals surface area (Å²) >= 11 is 1.88. The lowest BCUT2D eigenvalue weighted by Gasteiger charge is -2.00. The smallest absolute Gasteiger partial charge is 0.0172 e.